The van der Waals surface area contributed by atoms with Gasteiger partial charge in [0.25, 0.3) is 5.91 Å². The van der Waals surface area contributed by atoms with Crippen molar-refractivity contribution in [2.45, 2.75) is 44.6 Å². The lowest BCUT2D eigenvalue weighted by Gasteiger charge is -2.33. The molecule has 2 fully saturated rings. The minimum absolute atomic E-state index is 0.0478. The maximum absolute atomic E-state index is 14.3. The summed E-state index contributed by atoms with van der Waals surface area (Å²) in [4.78, 5) is 21.4. The average Bonchev–Trinajstić information content (AvgIpc) is 3.32. The molecular weight excluding hydrogens is 525 g/mol. The van der Waals surface area contributed by atoms with Crippen molar-refractivity contribution < 1.29 is 13.9 Å². The fourth-order valence-electron chi connectivity index (χ4n) is 5.99. The zero-order chi connectivity index (χ0) is 27.4. The molecule has 3 aromatic heterocycles. The van der Waals surface area contributed by atoms with E-state index in [4.69, 9.17) is 15.5 Å². The fourth-order valence-corrected chi connectivity index (χ4v) is 6.68. The number of hydrogen-bond donors (Lipinski definition) is 1. The molecule has 0 unspecified atom stereocenters. The summed E-state index contributed by atoms with van der Waals surface area (Å²) in [5.74, 6) is 1.83. The second-order valence-corrected chi connectivity index (χ2v) is 12.1. The number of carbonyl (C=O) groups excluding carboxylic acids is 1. The number of nitrogens with zero attached hydrogens (tertiary/aromatic N) is 4. The first-order valence-electron chi connectivity index (χ1n) is 13.9. The van der Waals surface area contributed by atoms with E-state index < -0.39 is 6.17 Å². The van der Waals surface area contributed by atoms with Gasteiger partial charge in [-0.2, -0.15) is 0 Å². The van der Waals surface area contributed by atoms with E-state index in [9.17, 15) is 9.18 Å². The van der Waals surface area contributed by atoms with Crippen LogP contribution >= 0.6 is 11.3 Å². The van der Waals surface area contributed by atoms with Crippen LogP contribution in [-0.4, -0.2) is 57.3 Å². The Labute approximate surface area is 236 Å². The summed E-state index contributed by atoms with van der Waals surface area (Å²) in [5.41, 5.74) is 10.2. The van der Waals surface area contributed by atoms with Gasteiger partial charge >= 0.3 is 0 Å². The fraction of sp³-hybridized carbons (Fsp3) is 0.355. The lowest BCUT2D eigenvalue weighted by atomic mass is 10.0. The Balaban J connectivity index is 1.41. The molecule has 1 amide bonds. The van der Waals surface area contributed by atoms with Crippen molar-refractivity contribution in [3.8, 4) is 17.3 Å². The Hall–Kier alpha value is -3.69. The Morgan fingerprint density at radius 1 is 1.12 bits per heavy atom. The first kappa shape index (κ1) is 25.3. The summed E-state index contributed by atoms with van der Waals surface area (Å²) in [6.07, 6.45) is 1.65. The van der Waals surface area contributed by atoms with Crippen LogP contribution in [-0.2, 0) is 13.1 Å². The summed E-state index contributed by atoms with van der Waals surface area (Å²) < 4.78 is 24.8. The number of halogens is 1. The molecule has 0 spiro atoms. The van der Waals surface area contributed by atoms with Gasteiger partial charge in [-0.25, -0.2) is 9.37 Å². The third-order valence-corrected chi connectivity index (χ3v) is 8.93. The average molecular weight is 558 g/mol. The second kappa shape index (κ2) is 10.1. The van der Waals surface area contributed by atoms with Crippen LogP contribution in [0, 0.1) is 5.92 Å². The molecule has 9 heteroatoms. The van der Waals surface area contributed by atoms with Crippen molar-refractivity contribution in [3.05, 3.63) is 70.4 Å². The number of hydrogen-bond acceptors (Lipinski definition) is 5. The number of imidazole rings is 1. The number of piperidine rings is 1. The number of amides is 1. The Morgan fingerprint density at radius 2 is 1.98 bits per heavy atom. The van der Waals surface area contributed by atoms with E-state index in [2.05, 4.69) is 57.0 Å². The summed E-state index contributed by atoms with van der Waals surface area (Å²) in [7, 11) is 1.61. The van der Waals surface area contributed by atoms with Crippen molar-refractivity contribution in [2.24, 2.45) is 11.7 Å². The van der Waals surface area contributed by atoms with Crippen molar-refractivity contribution in [2.75, 3.05) is 20.2 Å². The van der Waals surface area contributed by atoms with Crippen LogP contribution in [0.15, 0.2) is 60.0 Å². The number of ether oxygens (including phenoxy) is 1. The van der Waals surface area contributed by atoms with Gasteiger partial charge in [0.05, 0.1) is 31.4 Å². The van der Waals surface area contributed by atoms with Crippen molar-refractivity contribution in [1.29, 1.82) is 0 Å². The smallest absolute Gasteiger partial charge is 0.254 e. The van der Waals surface area contributed by atoms with Crippen LogP contribution in [0.3, 0.4) is 0 Å². The number of para-hydroxylation sites is 1. The van der Waals surface area contributed by atoms with Crippen LogP contribution < -0.4 is 10.5 Å². The first-order valence-corrected chi connectivity index (χ1v) is 14.7. The third-order valence-electron chi connectivity index (χ3n) is 8.06. The number of benzene rings is 2. The molecule has 1 saturated carbocycles. The van der Waals surface area contributed by atoms with E-state index in [1.807, 2.05) is 6.07 Å². The topological polar surface area (TPSA) is 78.3 Å². The first-order chi connectivity index (χ1) is 19.5. The molecule has 7 rings (SSSR count). The number of likely N-dealkylation sites (tertiary alicyclic amines) is 1. The summed E-state index contributed by atoms with van der Waals surface area (Å²) in [6, 6.07) is 18.1. The second-order valence-electron chi connectivity index (χ2n) is 11.1. The number of methoxy groups -OCH3 is 1. The molecule has 7 nitrogen and oxygen atoms in total. The maximum Gasteiger partial charge on any atom is 0.254 e. The predicted molar refractivity (Wildman–Crippen MR) is 157 cm³/mol. The van der Waals surface area contributed by atoms with Crippen LogP contribution in [0.5, 0.6) is 5.75 Å². The van der Waals surface area contributed by atoms with Crippen LogP contribution in [0.4, 0.5) is 4.39 Å². The number of carbonyl (C=O) groups is 1. The molecule has 206 valence electrons. The van der Waals surface area contributed by atoms with Gasteiger partial charge in [-0.05, 0) is 60.9 Å². The van der Waals surface area contributed by atoms with Crippen molar-refractivity contribution >= 4 is 39.2 Å². The maximum atomic E-state index is 14.3. The van der Waals surface area contributed by atoms with Gasteiger partial charge in [-0.15, -0.1) is 11.3 Å². The number of alkyl halides is 1. The zero-order valence-electron chi connectivity index (χ0n) is 22.4. The van der Waals surface area contributed by atoms with Gasteiger partial charge in [-0.1, -0.05) is 24.3 Å². The number of thiophene rings is 1. The molecule has 2 atom stereocenters. The highest BCUT2D eigenvalue weighted by atomic mass is 32.1. The number of nitrogens with two attached hydrogens (primary N) is 1. The van der Waals surface area contributed by atoms with Crippen LogP contribution in [0.1, 0.15) is 34.5 Å². The largest absolute Gasteiger partial charge is 0.494 e. The van der Waals surface area contributed by atoms with E-state index in [1.165, 1.54) is 33.5 Å². The minimum atomic E-state index is -1.12. The van der Waals surface area contributed by atoms with Gasteiger partial charge < -0.3 is 24.5 Å². The van der Waals surface area contributed by atoms with E-state index in [-0.39, 0.29) is 24.9 Å². The summed E-state index contributed by atoms with van der Waals surface area (Å²) >= 11 is 1.70. The molecule has 0 radical (unpaired) electrons. The van der Waals surface area contributed by atoms with E-state index in [0.717, 1.165) is 23.6 Å². The molecule has 2 aliphatic rings. The minimum Gasteiger partial charge on any atom is -0.494 e. The lowest BCUT2D eigenvalue weighted by Crippen LogP contribution is -2.50. The van der Waals surface area contributed by atoms with Gasteiger partial charge in [0.2, 0.25) is 0 Å². The third kappa shape index (κ3) is 4.57. The molecule has 2 N–H and O–H groups in total. The quantitative estimate of drug-likeness (QED) is 0.279. The molecule has 1 aliphatic carbocycles. The van der Waals surface area contributed by atoms with Crippen LogP contribution in [0.2, 0.25) is 0 Å². The van der Waals surface area contributed by atoms with Gasteiger partial charge in [0.15, 0.2) is 5.82 Å². The molecule has 0 bridgehead atoms. The highest BCUT2D eigenvalue weighted by molar-refractivity contribution is 7.09. The molecule has 1 aliphatic heterocycles. The van der Waals surface area contributed by atoms with Gasteiger partial charge in [0, 0.05) is 40.5 Å². The number of rotatable bonds is 7. The summed E-state index contributed by atoms with van der Waals surface area (Å²) in [5, 5.41) is 3.26. The van der Waals surface area contributed by atoms with E-state index in [1.54, 1.807) is 24.5 Å². The number of fused-ring (bicyclic) bond motifs is 2. The Morgan fingerprint density at radius 3 is 2.73 bits per heavy atom. The SMILES string of the molecule is COc1cc(C(=O)N2C[C@H](N)C[C@@H](F)C2)cc2nc(-c3cc4ccccc4n3CC3CC3)n(Cc3cccs3)c12. The van der Waals surface area contributed by atoms with E-state index in [0.29, 0.717) is 35.8 Å². The Kier molecular flexibility index (Phi) is 6.35. The molecule has 40 heavy (non-hydrogen) atoms. The van der Waals surface area contributed by atoms with Crippen molar-refractivity contribution in [1.82, 2.24) is 19.0 Å². The van der Waals surface area contributed by atoms with Crippen molar-refractivity contribution in [3.63, 3.8) is 0 Å². The number of aromatic nitrogens is 3. The molecule has 2 aromatic carbocycles. The zero-order valence-corrected chi connectivity index (χ0v) is 23.2. The van der Waals surface area contributed by atoms with Gasteiger partial charge in [-0.3, -0.25) is 4.79 Å². The molecular formula is C31H32FN5O2S. The predicted octanol–water partition coefficient (Wildman–Crippen LogP) is 5.70. The normalized spacial score (nSPS) is 19.5. The lowest BCUT2D eigenvalue weighted by molar-refractivity contribution is 0.0606. The van der Waals surface area contributed by atoms with Crippen LogP contribution in [0.25, 0.3) is 33.5 Å². The van der Waals surface area contributed by atoms with E-state index >= 15 is 0 Å². The molecule has 4 heterocycles. The standard InChI is InChI=1S/C31H32FN5O2S/c1-39-28-13-21(31(38)35-16-22(32)14-23(33)17-35)11-25-29(28)37(18-24-6-4-10-40-24)30(34-25)27-12-20-5-2-3-7-26(20)36(27)15-19-8-9-19/h2-7,10-13,19,22-23H,8-9,14-18,33H2,1H3/t22-,23-/m1/s1. The Bertz CT molecular complexity index is 1690. The highest BCUT2D eigenvalue weighted by Gasteiger charge is 2.31. The highest BCUT2D eigenvalue weighted by Crippen LogP contribution is 2.39. The summed E-state index contributed by atoms with van der Waals surface area (Å²) in [6.45, 7) is 1.96. The molecule has 1 saturated heterocycles. The monoisotopic (exact) mass is 557 g/mol. The molecule has 5 aromatic rings. The van der Waals surface area contributed by atoms with Gasteiger partial charge in [0.1, 0.15) is 17.4 Å².